The van der Waals surface area contributed by atoms with Gasteiger partial charge in [0.1, 0.15) is 29.4 Å². The van der Waals surface area contributed by atoms with Crippen LogP contribution in [-0.2, 0) is 37.5 Å². The monoisotopic (exact) mass is 882 g/mol. The third-order valence-electron chi connectivity index (χ3n) is 11.5. The number of H-pyrrole nitrogens is 1. The molecule has 4 N–H and O–H groups in total. The smallest absolute Gasteiger partial charge is 0.330 e. The summed E-state index contributed by atoms with van der Waals surface area (Å²) in [6.07, 6.45) is 3.79. The fourth-order valence-corrected chi connectivity index (χ4v) is 7.96. The molecular formula is C50H54N6O9. The zero-order chi connectivity index (χ0) is 45.8. The van der Waals surface area contributed by atoms with E-state index in [9.17, 15) is 24.3 Å². The van der Waals surface area contributed by atoms with E-state index in [1.807, 2.05) is 110 Å². The van der Waals surface area contributed by atoms with Crippen LogP contribution in [-0.4, -0.2) is 82.6 Å². The van der Waals surface area contributed by atoms with Gasteiger partial charge in [-0.1, -0.05) is 54.6 Å². The second-order valence-corrected chi connectivity index (χ2v) is 15.9. The molecule has 3 aromatic carbocycles. The van der Waals surface area contributed by atoms with Crippen LogP contribution < -0.4 is 31.4 Å². The summed E-state index contributed by atoms with van der Waals surface area (Å²) in [6.45, 7) is 2.38. The SMILES string of the molecule is COc1ccc(C(OC[C@H]2O[C@@H](n3cc(CCC(=O)NCCNC(=O)CCCc4ccnc(-c5cc(C)ccn5)c4)c(=O)[nH]c3=O)CC2O)(c2ccccc2)c2ccc(OC)cc2)cc1. The number of methoxy groups -OCH3 is 2. The summed E-state index contributed by atoms with van der Waals surface area (Å²) in [5, 5.41) is 16.9. The van der Waals surface area contributed by atoms with Gasteiger partial charge in [-0.15, -0.1) is 0 Å². The number of nitrogens with zero attached hydrogens (tertiary/aromatic N) is 3. The first-order chi connectivity index (χ1) is 31.6. The minimum atomic E-state index is -1.16. The first kappa shape index (κ1) is 46.1. The fourth-order valence-electron chi connectivity index (χ4n) is 7.96. The fraction of sp³-hybridized carbons (Fsp3) is 0.320. The lowest BCUT2D eigenvalue weighted by atomic mass is 9.80. The van der Waals surface area contributed by atoms with Gasteiger partial charge in [-0.2, -0.15) is 0 Å². The van der Waals surface area contributed by atoms with Crippen LogP contribution in [0.2, 0.25) is 0 Å². The van der Waals surface area contributed by atoms with Gasteiger partial charge < -0.3 is 34.7 Å². The molecule has 1 fully saturated rings. The molecule has 1 saturated heterocycles. The molecule has 338 valence electrons. The lowest BCUT2D eigenvalue weighted by Gasteiger charge is -2.37. The Hall–Kier alpha value is -6.94. The molecule has 7 rings (SSSR count). The number of benzene rings is 3. The number of aromatic nitrogens is 4. The Morgan fingerprint density at radius 3 is 2.03 bits per heavy atom. The highest BCUT2D eigenvalue weighted by molar-refractivity contribution is 5.77. The Bertz CT molecular complexity index is 2600. The molecule has 3 atom stereocenters. The molecule has 15 heteroatoms. The quantitative estimate of drug-likeness (QED) is 0.0584. The van der Waals surface area contributed by atoms with Crippen molar-refractivity contribution in [2.24, 2.45) is 0 Å². The molecule has 1 aliphatic heterocycles. The first-order valence-electron chi connectivity index (χ1n) is 21.6. The van der Waals surface area contributed by atoms with Crippen LogP contribution in [0, 0.1) is 6.92 Å². The van der Waals surface area contributed by atoms with E-state index in [1.165, 1.54) is 10.8 Å². The maximum Gasteiger partial charge on any atom is 0.330 e. The first-order valence-corrected chi connectivity index (χ1v) is 21.6. The van der Waals surface area contributed by atoms with Crippen molar-refractivity contribution < 1.29 is 33.6 Å². The number of hydrogen-bond acceptors (Lipinski definition) is 11. The zero-order valence-corrected chi connectivity index (χ0v) is 36.7. The van der Waals surface area contributed by atoms with Crippen LogP contribution in [0.5, 0.6) is 11.5 Å². The molecule has 0 saturated carbocycles. The van der Waals surface area contributed by atoms with E-state index in [0.29, 0.717) is 30.8 Å². The molecule has 15 nitrogen and oxygen atoms in total. The molecule has 0 radical (unpaired) electrons. The molecule has 0 aliphatic carbocycles. The Morgan fingerprint density at radius 1 is 0.800 bits per heavy atom. The Labute approximate surface area is 376 Å². The second-order valence-electron chi connectivity index (χ2n) is 15.9. The van der Waals surface area contributed by atoms with Gasteiger partial charge in [-0.05, 0) is 103 Å². The molecule has 1 aliphatic rings. The van der Waals surface area contributed by atoms with E-state index in [1.54, 1.807) is 26.6 Å². The summed E-state index contributed by atoms with van der Waals surface area (Å²) < 4.78 is 25.4. The number of carbonyl (C=O) groups excluding carboxylic acids is 2. The summed E-state index contributed by atoms with van der Waals surface area (Å²) in [4.78, 5) is 62.4. The highest BCUT2D eigenvalue weighted by Crippen LogP contribution is 2.42. The predicted octanol–water partition coefficient (Wildman–Crippen LogP) is 5.16. The topological polar surface area (TPSA) is 196 Å². The van der Waals surface area contributed by atoms with Crippen molar-refractivity contribution in [1.82, 2.24) is 30.2 Å². The van der Waals surface area contributed by atoms with Crippen molar-refractivity contribution in [3.63, 3.8) is 0 Å². The molecule has 4 heterocycles. The summed E-state index contributed by atoms with van der Waals surface area (Å²) in [6, 6.07) is 32.7. The number of pyridine rings is 2. The van der Waals surface area contributed by atoms with Gasteiger partial charge in [-0.25, -0.2) is 4.79 Å². The lowest BCUT2D eigenvalue weighted by Crippen LogP contribution is -2.38. The molecular weight excluding hydrogens is 829 g/mol. The number of aliphatic hydroxyl groups is 1. The van der Waals surface area contributed by atoms with Gasteiger partial charge in [0, 0.05) is 56.5 Å². The van der Waals surface area contributed by atoms with Gasteiger partial charge in [-0.3, -0.25) is 33.9 Å². The number of aryl methyl sites for hydroxylation is 3. The normalized spacial score (nSPS) is 15.9. The van der Waals surface area contributed by atoms with Gasteiger partial charge in [0.25, 0.3) is 5.56 Å². The average Bonchev–Trinajstić information content (AvgIpc) is 3.70. The average molecular weight is 883 g/mol. The second kappa shape index (κ2) is 21.6. The number of nitrogens with one attached hydrogen (secondary N) is 3. The predicted molar refractivity (Wildman–Crippen MR) is 244 cm³/mol. The maximum atomic E-state index is 13.1. The third-order valence-corrected chi connectivity index (χ3v) is 11.5. The third kappa shape index (κ3) is 11.4. The number of hydrogen-bond donors (Lipinski definition) is 4. The van der Waals surface area contributed by atoms with Crippen LogP contribution in [0.15, 0.2) is 131 Å². The van der Waals surface area contributed by atoms with E-state index >= 15 is 0 Å². The Balaban J connectivity index is 0.924. The highest BCUT2D eigenvalue weighted by Gasteiger charge is 2.42. The van der Waals surface area contributed by atoms with E-state index in [0.717, 1.165) is 39.2 Å². The van der Waals surface area contributed by atoms with Crippen LogP contribution in [0.4, 0.5) is 0 Å². The standard InChI is InChI=1S/C50H54N6O9/c1-33-22-24-51-41(28-33)42-29-34(23-25-52-42)8-7-11-45(58)53-26-27-54-46(59)21-12-35-31-56(49(61)55-48(35)60)47-30-43(57)44(65-47)32-64-50(36-9-5-4-6-10-36,37-13-17-39(62-2)18-14-37)38-15-19-40(63-3)20-16-38/h4-6,9-10,13-20,22-25,28-29,31,43-44,47,57H,7-8,11-12,21,26-27,30,32H2,1-3H3,(H,53,58)(H,54,59)(H,55,60,61)/t43?,44-,47-/m1/s1. The maximum absolute atomic E-state index is 13.1. The number of ether oxygens (including phenoxy) is 4. The van der Waals surface area contributed by atoms with E-state index in [2.05, 4.69) is 25.6 Å². The van der Waals surface area contributed by atoms with E-state index < -0.39 is 35.3 Å². The van der Waals surface area contributed by atoms with Crippen molar-refractivity contribution >= 4 is 11.8 Å². The van der Waals surface area contributed by atoms with Gasteiger partial charge in [0.2, 0.25) is 11.8 Å². The lowest BCUT2D eigenvalue weighted by molar-refractivity contribution is -0.122. The largest absolute Gasteiger partial charge is 0.497 e. The van der Waals surface area contributed by atoms with Gasteiger partial charge >= 0.3 is 5.69 Å². The number of amides is 2. The number of aromatic amines is 1. The Morgan fingerprint density at radius 2 is 1.40 bits per heavy atom. The number of rotatable bonds is 20. The molecule has 2 amide bonds. The minimum Gasteiger partial charge on any atom is -0.497 e. The summed E-state index contributed by atoms with van der Waals surface area (Å²) in [5.74, 6) is 0.895. The van der Waals surface area contributed by atoms with Gasteiger partial charge in [0.05, 0.1) is 38.3 Å². The van der Waals surface area contributed by atoms with Crippen LogP contribution in [0.1, 0.15) is 65.3 Å². The van der Waals surface area contributed by atoms with Crippen LogP contribution >= 0.6 is 0 Å². The van der Waals surface area contributed by atoms with Crippen molar-refractivity contribution in [2.45, 2.75) is 69.5 Å². The zero-order valence-electron chi connectivity index (χ0n) is 36.7. The van der Waals surface area contributed by atoms with Gasteiger partial charge in [0.15, 0.2) is 0 Å². The molecule has 0 spiro atoms. The van der Waals surface area contributed by atoms with Crippen molar-refractivity contribution in [1.29, 1.82) is 0 Å². The molecule has 65 heavy (non-hydrogen) atoms. The van der Waals surface area contributed by atoms with Crippen molar-refractivity contribution in [3.05, 3.63) is 176 Å². The summed E-state index contributed by atoms with van der Waals surface area (Å²) >= 11 is 0. The van der Waals surface area contributed by atoms with Crippen LogP contribution in [0.25, 0.3) is 11.4 Å². The minimum absolute atomic E-state index is 0.0373. The molecule has 1 unspecified atom stereocenters. The Kier molecular flexibility index (Phi) is 15.3. The number of aliphatic hydroxyl groups excluding tert-OH is 1. The molecule has 0 bridgehead atoms. The van der Waals surface area contributed by atoms with Crippen molar-refractivity contribution in [2.75, 3.05) is 33.9 Å². The van der Waals surface area contributed by atoms with E-state index in [-0.39, 0.29) is 56.3 Å². The highest BCUT2D eigenvalue weighted by atomic mass is 16.6. The number of carbonyl (C=O) groups is 2. The van der Waals surface area contributed by atoms with Crippen molar-refractivity contribution in [3.8, 4) is 22.9 Å². The molecule has 6 aromatic rings. The summed E-state index contributed by atoms with van der Waals surface area (Å²) in [5.41, 5.74) is 3.88. The summed E-state index contributed by atoms with van der Waals surface area (Å²) in [7, 11) is 3.20. The van der Waals surface area contributed by atoms with Crippen LogP contribution in [0.3, 0.4) is 0 Å². The molecule has 3 aromatic heterocycles. The van der Waals surface area contributed by atoms with E-state index in [4.69, 9.17) is 18.9 Å².